The highest BCUT2D eigenvalue weighted by molar-refractivity contribution is 5.56. The Kier molecular flexibility index (Phi) is 15.4. The van der Waals surface area contributed by atoms with Crippen LogP contribution in [0.3, 0.4) is 0 Å². The molecule has 164 valence electrons. The number of nitrogens with two attached hydrogens (primary N) is 1. The summed E-state index contributed by atoms with van der Waals surface area (Å²) in [5, 5.41) is 9.01. The van der Waals surface area contributed by atoms with Crippen LogP contribution >= 0.6 is 0 Å². The van der Waals surface area contributed by atoms with Gasteiger partial charge in [0.1, 0.15) is 0 Å². The first kappa shape index (κ1) is 26.4. The molecule has 0 fully saturated rings. The number of nitrogens with zero attached hydrogens (tertiary/aromatic N) is 2. The van der Waals surface area contributed by atoms with E-state index < -0.39 is 0 Å². The molecule has 6 atom stereocenters. The molecule has 0 aromatic heterocycles. The van der Waals surface area contributed by atoms with Crippen LogP contribution in [0.5, 0.6) is 0 Å². The lowest BCUT2D eigenvalue weighted by Crippen LogP contribution is -2.33. The first-order chi connectivity index (χ1) is 13.4. The molecule has 2 rings (SSSR count). The number of aliphatic imine (C=N–C) groups is 2. The molecule has 2 heterocycles. The minimum Gasteiger partial charge on any atom is -0.374 e. The highest BCUT2D eigenvalue weighted by Gasteiger charge is 2.12. The zero-order chi connectivity index (χ0) is 21.4. The van der Waals surface area contributed by atoms with Crippen LogP contribution in [0, 0.1) is 0 Å². The van der Waals surface area contributed by atoms with Gasteiger partial charge in [-0.15, -0.1) is 0 Å². The molecular weight excluding hydrogens is 352 g/mol. The molecule has 28 heavy (non-hydrogen) atoms. The van der Waals surface area contributed by atoms with Crippen LogP contribution in [0.1, 0.15) is 80.1 Å². The summed E-state index contributed by atoms with van der Waals surface area (Å²) < 4.78 is 0. The zero-order valence-electron chi connectivity index (χ0n) is 18.8. The van der Waals surface area contributed by atoms with Gasteiger partial charge in [-0.2, -0.15) is 0 Å². The van der Waals surface area contributed by atoms with Crippen molar-refractivity contribution >= 4 is 19.1 Å². The molecule has 0 bridgehead atoms. The summed E-state index contributed by atoms with van der Waals surface area (Å²) in [5.74, 6) is 0. The molecule has 0 aromatic rings. The van der Waals surface area contributed by atoms with E-state index in [1.165, 1.54) is 25.7 Å². The van der Waals surface area contributed by atoms with E-state index in [-0.39, 0.29) is 12.1 Å². The Balaban J connectivity index is 0.000000391. The molecule has 6 unspecified atom stereocenters. The number of hydrogen-bond donors (Lipinski definition) is 4. The van der Waals surface area contributed by atoms with Gasteiger partial charge < -0.3 is 21.7 Å². The molecule has 0 saturated carbocycles. The van der Waals surface area contributed by atoms with Gasteiger partial charge in [0.2, 0.25) is 6.41 Å². The van der Waals surface area contributed by atoms with Crippen LogP contribution in [-0.4, -0.2) is 55.3 Å². The Bertz CT molecular complexity index is 413. The number of amides is 1. The number of rotatable bonds is 7. The lowest BCUT2D eigenvalue weighted by Gasteiger charge is -2.21. The van der Waals surface area contributed by atoms with Gasteiger partial charge in [-0.3, -0.25) is 14.8 Å². The quantitative estimate of drug-likeness (QED) is 0.497. The first-order valence-corrected chi connectivity index (χ1v) is 10.9. The average molecular weight is 397 g/mol. The van der Waals surface area contributed by atoms with E-state index in [1.807, 2.05) is 26.5 Å². The Morgan fingerprint density at radius 3 is 1.79 bits per heavy atom. The van der Waals surface area contributed by atoms with Gasteiger partial charge in [-0.05, 0) is 59.3 Å². The largest absolute Gasteiger partial charge is 0.374 e. The Morgan fingerprint density at radius 2 is 1.54 bits per heavy atom. The van der Waals surface area contributed by atoms with Gasteiger partial charge in [0, 0.05) is 24.2 Å². The summed E-state index contributed by atoms with van der Waals surface area (Å²) in [4.78, 5) is 18.5. The van der Waals surface area contributed by atoms with Crippen LogP contribution in [0.25, 0.3) is 0 Å². The molecule has 7 heteroatoms. The van der Waals surface area contributed by atoms with Gasteiger partial charge in [-0.1, -0.05) is 20.8 Å². The van der Waals surface area contributed by atoms with Crippen LogP contribution in [0.15, 0.2) is 9.98 Å². The number of carbonyl (C=O) groups is 1. The van der Waals surface area contributed by atoms with Crippen molar-refractivity contribution in [2.24, 2.45) is 15.7 Å². The molecule has 0 aliphatic carbocycles. The van der Waals surface area contributed by atoms with Gasteiger partial charge in [0.05, 0.1) is 24.8 Å². The topological polar surface area (TPSA) is 104 Å². The van der Waals surface area contributed by atoms with E-state index in [2.05, 4.69) is 53.6 Å². The fourth-order valence-electron chi connectivity index (χ4n) is 3.07. The maximum atomic E-state index is 10.0. The van der Waals surface area contributed by atoms with E-state index in [4.69, 9.17) is 5.73 Å². The van der Waals surface area contributed by atoms with Crippen molar-refractivity contribution in [1.29, 1.82) is 0 Å². The van der Waals surface area contributed by atoms with Crippen molar-refractivity contribution in [3.05, 3.63) is 0 Å². The second-order valence-electron chi connectivity index (χ2n) is 7.89. The third-order valence-electron chi connectivity index (χ3n) is 4.94. The van der Waals surface area contributed by atoms with E-state index in [0.29, 0.717) is 24.2 Å². The van der Waals surface area contributed by atoms with Gasteiger partial charge in [-0.25, -0.2) is 0 Å². The summed E-state index contributed by atoms with van der Waals surface area (Å²) in [6.07, 6.45) is 10.9. The minimum absolute atomic E-state index is 0.164. The van der Waals surface area contributed by atoms with Gasteiger partial charge in [0.15, 0.2) is 0 Å². The number of nitrogens with one attached hydrogen (secondary N) is 3. The fraction of sp³-hybridized carbons (Fsp3) is 0.857. The maximum Gasteiger partial charge on any atom is 0.207 e. The summed E-state index contributed by atoms with van der Waals surface area (Å²) in [7, 11) is 0. The summed E-state index contributed by atoms with van der Waals surface area (Å²) in [5.41, 5.74) is 5.54. The molecule has 0 spiro atoms. The minimum atomic E-state index is 0.164. The van der Waals surface area contributed by atoms with E-state index in [9.17, 15) is 4.79 Å². The molecule has 0 radical (unpaired) electrons. The lowest BCUT2D eigenvalue weighted by molar-refractivity contribution is -0.110. The Morgan fingerprint density at radius 1 is 1.07 bits per heavy atom. The SMILES string of the molecule is CCC(CC(C)N)NC=O.CCC1CC(C)NC=N1.CCC1CC(C)NC=N1. The van der Waals surface area contributed by atoms with Crippen LogP contribution < -0.4 is 21.7 Å². The summed E-state index contributed by atoms with van der Waals surface area (Å²) in [6.45, 7) is 12.7. The van der Waals surface area contributed by atoms with Crippen LogP contribution in [-0.2, 0) is 4.79 Å². The number of hydrogen-bond acceptors (Lipinski definition) is 6. The van der Waals surface area contributed by atoms with E-state index >= 15 is 0 Å². The Hall–Kier alpha value is -1.63. The number of carbonyl (C=O) groups excluding carboxylic acids is 1. The highest BCUT2D eigenvalue weighted by atomic mass is 16.1. The van der Waals surface area contributed by atoms with Gasteiger partial charge in [0.25, 0.3) is 0 Å². The Labute approximate surface area is 172 Å². The van der Waals surface area contributed by atoms with Crippen molar-refractivity contribution in [2.45, 2.75) is 116 Å². The second-order valence-corrected chi connectivity index (χ2v) is 7.89. The lowest BCUT2D eigenvalue weighted by atomic mass is 10.1. The monoisotopic (exact) mass is 396 g/mol. The van der Waals surface area contributed by atoms with E-state index in [1.54, 1.807) is 0 Å². The van der Waals surface area contributed by atoms with Crippen LogP contribution in [0.2, 0.25) is 0 Å². The van der Waals surface area contributed by atoms with Gasteiger partial charge >= 0.3 is 0 Å². The average Bonchev–Trinajstić information content (AvgIpc) is 2.68. The second kappa shape index (κ2) is 16.3. The molecule has 2 aliphatic heterocycles. The molecule has 1 amide bonds. The maximum absolute atomic E-state index is 10.0. The predicted octanol–water partition coefficient (Wildman–Crippen LogP) is 2.60. The molecule has 5 N–H and O–H groups in total. The third kappa shape index (κ3) is 13.5. The molecule has 0 saturated heterocycles. The van der Waals surface area contributed by atoms with Crippen molar-refractivity contribution in [3.63, 3.8) is 0 Å². The highest BCUT2D eigenvalue weighted by Crippen LogP contribution is 2.09. The smallest absolute Gasteiger partial charge is 0.207 e. The first-order valence-electron chi connectivity index (χ1n) is 10.9. The normalized spacial score (nSPS) is 27.5. The fourth-order valence-corrected chi connectivity index (χ4v) is 3.07. The van der Waals surface area contributed by atoms with Crippen molar-refractivity contribution in [1.82, 2.24) is 16.0 Å². The molecule has 0 aromatic carbocycles. The van der Waals surface area contributed by atoms with Crippen LogP contribution in [0.4, 0.5) is 0 Å². The van der Waals surface area contributed by atoms with Crippen molar-refractivity contribution < 1.29 is 4.79 Å². The van der Waals surface area contributed by atoms with Crippen molar-refractivity contribution in [3.8, 4) is 0 Å². The predicted molar refractivity (Wildman–Crippen MR) is 121 cm³/mol. The van der Waals surface area contributed by atoms with Crippen molar-refractivity contribution in [2.75, 3.05) is 0 Å². The molecule has 2 aliphatic rings. The summed E-state index contributed by atoms with van der Waals surface area (Å²) in [6, 6.07) is 2.79. The molecule has 7 nitrogen and oxygen atoms in total. The standard InChI is InChI=1S/C7H16N2O.2C7H14N2/c1-3-7(9-5-10)4-6(2)8;2*1-3-7-4-6(2)8-5-9-7/h5-7H,3-4,8H2,1-2H3,(H,9,10);2*5-7H,3-4H2,1-2H3,(H,8,9). The van der Waals surface area contributed by atoms with E-state index in [0.717, 1.165) is 19.3 Å². The third-order valence-corrected chi connectivity index (χ3v) is 4.94. The molecular formula is C21H44N6O. The summed E-state index contributed by atoms with van der Waals surface area (Å²) >= 11 is 0. The zero-order valence-corrected chi connectivity index (χ0v) is 18.8.